The quantitative estimate of drug-likeness (QED) is 0.359. The Morgan fingerprint density at radius 1 is 1.17 bits per heavy atom. The molecule has 0 spiro atoms. The molecule has 2 bridgehead atoms. The number of likely N-dealkylation sites (N-methyl/N-ethyl adjacent to an activating group) is 1. The zero-order valence-corrected chi connectivity index (χ0v) is 25.0. The number of methoxy groups -OCH3 is 1. The molecule has 0 amide bonds. The van der Waals surface area contributed by atoms with E-state index >= 15 is 0 Å². The lowest BCUT2D eigenvalue weighted by Gasteiger charge is -2.31. The Hall–Kier alpha value is -3.74. The molecule has 1 aliphatic rings. The summed E-state index contributed by atoms with van der Waals surface area (Å²) in [6.45, 7) is 10.9. The molecular formula is C29H40N8O4. The molecule has 5 rings (SSSR count). The molecule has 0 saturated heterocycles. The summed E-state index contributed by atoms with van der Waals surface area (Å²) in [5.74, 6) is 1.17. The second-order valence-electron chi connectivity index (χ2n) is 11.0. The zero-order chi connectivity index (χ0) is 29.4. The van der Waals surface area contributed by atoms with E-state index in [9.17, 15) is 5.11 Å². The van der Waals surface area contributed by atoms with Crippen molar-refractivity contribution in [2.24, 2.45) is 7.05 Å². The maximum atomic E-state index is 10.1. The summed E-state index contributed by atoms with van der Waals surface area (Å²) in [5.41, 5.74) is 5.65. The summed E-state index contributed by atoms with van der Waals surface area (Å²) in [7, 11) is 5.59. The van der Waals surface area contributed by atoms with Crippen molar-refractivity contribution >= 4 is 23.2 Å². The fourth-order valence-corrected chi connectivity index (χ4v) is 5.12. The molecule has 0 fully saturated rings. The topological polar surface area (TPSA) is 128 Å². The number of hydrogen-bond acceptors (Lipinski definition) is 9. The summed E-state index contributed by atoms with van der Waals surface area (Å²) in [5, 5.41) is 28.0. The molecule has 41 heavy (non-hydrogen) atoms. The maximum Gasteiger partial charge on any atom is 0.240 e. The number of hydrogen-bond donors (Lipinski definition) is 2. The van der Waals surface area contributed by atoms with Gasteiger partial charge in [-0.15, -0.1) is 5.10 Å². The van der Waals surface area contributed by atoms with Gasteiger partial charge in [0.25, 0.3) is 0 Å². The molecule has 220 valence electrons. The first-order valence-electron chi connectivity index (χ1n) is 14.0. The van der Waals surface area contributed by atoms with Crippen molar-refractivity contribution in [2.75, 3.05) is 20.8 Å². The molecule has 4 aromatic rings. The number of fused-ring (bicyclic) bond motifs is 4. The van der Waals surface area contributed by atoms with Crippen LogP contribution in [0.15, 0.2) is 12.3 Å². The number of nitrogens with zero attached hydrogens (tertiary/aromatic N) is 7. The minimum atomic E-state index is -0.239. The molecule has 4 aromatic heterocycles. The number of aromatic amines is 1. The smallest absolute Gasteiger partial charge is 0.240 e. The highest BCUT2D eigenvalue weighted by Crippen LogP contribution is 2.37. The van der Waals surface area contributed by atoms with E-state index in [0.717, 1.165) is 39.2 Å². The van der Waals surface area contributed by atoms with Gasteiger partial charge in [0, 0.05) is 43.9 Å². The van der Waals surface area contributed by atoms with Gasteiger partial charge in [-0.2, -0.15) is 10.2 Å². The van der Waals surface area contributed by atoms with Gasteiger partial charge in [-0.3, -0.25) is 14.7 Å². The third-order valence-corrected chi connectivity index (χ3v) is 7.61. The van der Waals surface area contributed by atoms with E-state index in [2.05, 4.69) is 47.0 Å². The number of aliphatic hydroxyl groups is 1. The molecule has 5 heterocycles. The fourth-order valence-electron chi connectivity index (χ4n) is 5.12. The van der Waals surface area contributed by atoms with Gasteiger partial charge in [-0.25, -0.2) is 9.67 Å². The Labute approximate surface area is 239 Å². The van der Waals surface area contributed by atoms with Gasteiger partial charge in [0.15, 0.2) is 5.65 Å². The van der Waals surface area contributed by atoms with Gasteiger partial charge < -0.3 is 19.3 Å². The second-order valence-corrected chi connectivity index (χ2v) is 11.0. The summed E-state index contributed by atoms with van der Waals surface area (Å²) < 4.78 is 21.9. The maximum absolute atomic E-state index is 10.1. The average molecular weight is 565 g/mol. The minimum absolute atomic E-state index is 0.00497. The molecule has 12 nitrogen and oxygen atoms in total. The van der Waals surface area contributed by atoms with Gasteiger partial charge in [0.2, 0.25) is 11.8 Å². The Morgan fingerprint density at radius 3 is 2.66 bits per heavy atom. The summed E-state index contributed by atoms with van der Waals surface area (Å²) in [4.78, 5) is 6.87. The lowest BCUT2D eigenvalue weighted by atomic mass is 10.1. The van der Waals surface area contributed by atoms with Gasteiger partial charge >= 0.3 is 0 Å². The van der Waals surface area contributed by atoms with E-state index in [1.807, 2.05) is 44.7 Å². The van der Waals surface area contributed by atoms with E-state index in [4.69, 9.17) is 24.4 Å². The number of aromatic nitrogens is 7. The number of nitrogens with one attached hydrogen (secondary N) is 1. The molecule has 0 aliphatic carbocycles. The number of ether oxygens (including phenoxy) is 3. The molecule has 3 atom stereocenters. The first-order valence-corrected chi connectivity index (χ1v) is 14.0. The molecule has 0 radical (unpaired) electrons. The molecule has 1 unspecified atom stereocenters. The Morgan fingerprint density at radius 2 is 1.95 bits per heavy atom. The summed E-state index contributed by atoms with van der Waals surface area (Å²) >= 11 is 0. The number of pyridine rings is 1. The highest BCUT2D eigenvalue weighted by atomic mass is 16.5. The Kier molecular flexibility index (Phi) is 8.16. The first-order chi connectivity index (χ1) is 19.6. The zero-order valence-electron chi connectivity index (χ0n) is 25.0. The Balaban J connectivity index is 1.75. The van der Waals surface area contributed by atoms with Crippen LogP contribution in [-0.4, -0.2) is 83.8 Å². The van der Waals surface area contributed by atoms with Gasteiger partial charge in [0.05, 0.1) is 53.6 Å². The van der Waals surface area contributed by atoms with E-state index in [-0.39, 0.29) is 30.9 Å². The normalized spacial score (nSPS) is 19.5. The van der Waals surface area contributed by atoms with Crippen LogP contribution >= 0.6 is 0 Å². The van der Waals surface area contributed by atoms with Crippen molar-refractivity contribution in [3.63, 3.8) is 0 Å². The van der Waals surface area contributed by atoms with Crippen LogP contribution < -0.4 is 9.47 Å². The third-order valence-electron chi connectivity index (χ3n) is 7.61. The molecule has 0 saturated carbocycles. The monoisotopic (exact) mass is 564 g/mol. The number of aryl methyl sites for hydroxylation is 1. The molecule has 2 N–H and O–H groups in total. The van der Waals surface area contributed by atoms with Crippen molar-refractivity contribution in [2.45, 2.75) is 72.1 Å². The summed E-state index contributed by atoms with van der Waals surface area (Å²) in [6, 6.07) is 1.82. The predicted octanol–water partition coefficient (Wildman–Crippen LogP) is 3.81. The van der Waals surface area contributed by atoms with Crippen LogP contribution in [0.4, 0.5) is 0 Å². The lowest BCUT2D eigenvalue weighted by Crippen LogP contribution is -2.41. The first kappa shape index (κ1) is 28.8. The molecular weight excluding hydrogens is 524 g/mol. The SMILES string of the molecule is COCc1nn(C)c2c1-c1cnc3n[nH]c(c3c1)/C=C/c1c(OC(C)C)nn([C@@H](C)CO)c1CN(C)[C@H](C)C(C)O2. The molecule has 0 aromatic carbocycles. The van der Waals surface area contributed by atoms with Crippen LogP contribution in [0, 0.1) is 0 Å². The van der Waals surface area contributed by atoms with Crippen LogP contribution in [0.3, 0.4) is 0 Å². The van der Waals surface area contributed by atoms with Crippen molar-refractivity contribution < 1.29 is 19.3 Å². The molecule has 12 heteroatoms. The van der Waals surface area contributed by atoms with Crippen molar-refractivity contribution in [1.82, 2.24) is 39.6 Å². The number of H-pyrrole nitrogens is 1. The van der Waals surface area contributed by atoms with Crippen molar-refractivity contribution in [3.8, 4) is 22.9 Å². The standard InChI is InChI=1S/C29H40N8O4/c1-16(2)40-28-21-9-10-23-22-11-20(12-30-27(22)32-31-23)26-24(15-39-8)33-36(7)29(26)41-19(5)18(4)35(6)13-25(21)37(34-28)17(3)14-38/h9-12,16-19,38H,13-15H2,1-8H3,(H,30,31,32)/b10-9+/t17-,18+,19?/m0/s1. The predicted molar refractivity (Wildman–Crippen MR) is 157 cm³/mol. The second kappa shape index (κ2) is 11.6. The number of aliphatic hydroxyl groups excluding tert-OH is 1. The van der Waals surface area contributed by atoms with E-state index in [1.165, 1.54) is 0 Å². The minimum Gasteiger partial charge on any atom is -0.473 e. The van der Waals surface area contributed by atoms with Crippen LogP contribution in [0.2, 0.25) is 0 Å². The number of rotatable bonds is 6. The lowest BCUT2D eigenvalue weighted by molar-refractivity contribution is 0.0914. The van der Waals surface area contributed by atoms with Gasteiger partial charge in [-0.1, -0.05) is 0 Å². The van der Waals surface area contributed by atoms with Crippen LogP contribution in [0.5, 0.6) is 11.8 Å². The highest BCUT2D eigenvalue weighted by molar-refractivity contribution is 5.91. The van der Waals surface area contributed by atoms with Crippen molar-refractivity contribution in [1.29, 1.82) is 0 Å². The Bertz CT molecular complexity index is 1550. The van der Waals surface area contributed by atoms with Crippen LogP contribution in [0.1, 0.15) is 63.3 Å². The van der Waals surface area contributed by atoms with Gasteiger partial charge in [0.1, 0.15) is 6.10 Å². The highest BCUT2D eigenvalue weighted by Gasteiger charge is 2.29. The van der Waals surface area contributed by atoms with Gasteiger partial charge in [-0.05, 0) is 59.9 Å². The largest absolute Gasteiger partial charge is 0.473 e. The van der Waals surface area contributed by atoms with Crippen LogP contribution in [-0.2, 0) is 24.9 Å². The van der Waals surface area contributed by atoms with Crippen molar-refractivity contribution in [3.05, 3.63) is 34.9 Å². The fraction of sp³-hybridized carbons (Fsp3) is 0.517. The van der Waals surface area contributed by atoms with Crippen LogP contribution in [0.25, 0.3) is 34.3 Å². The van der Waals surface area contributed by atoms with E-state index < -0.39 is 0 Å². The van der Waals surface area contributed by atoms with E-state index in [1.54, 1.807) is 18.0 Å². The average Bonchev–Trinajstić information content (AvgIpc) is 3.59. The summed E-state index contributed by atoms with van der Waals surface area (Å²) in [6.07, 6.45) is 5.50. The van der Waals surface area contributed by atoms with E-state index in [0.29, 0.717) is 30.6 Å². The third kappa shape index (κ3) is 5.46. The molecule has 1 aliphatic heterocycles.